The molecule has 13 heavy (non-hydrogen) atoms. The Morgan fingerprint density at radius 2 is 2.23 bits per heavy atom. The highest BCUT2D eigenvalue weighted by Crippen LogP contribution is 2.10. The Bertz CT molecular complexity index is 351. The van der Waals surface area contributed by atoms with Crippen molar-refractivity contribution in [3.05, 3.63) is 35.1 Å². The summed E-state index contributed by atoms with van der Waals surface area (Å²) in [6, 6.07) is 3.76. The molecule has 1 atom stereocenters. The molecule has 1 N–H and O–H groups in total. The van der Waals surface area contributed by atoms with Gasteiger partial charge in [-0.15, -0.1) is 0 Å². The van der Waals surface area contributed by atoms with E-state index in [4.69, 9.17) is 4.55 Å². The summed E-state index contributed by atoms with van der Waals surface area (Å²) in [5, 5.41) is 0. The van der Waals surface area contributed by atoms with E-state index in [0.29, 0.717) is 6.29 Å². The van der Waals surface area contributed by atoms with Crippen molar-refractivity contribution in [3.8, 4) is 0 Å². The second-order valence-electron chi connectivity index (χ2n) is 2.43. The minimum Gasteiger partial charge on any atom is -0.306 e. The van der Waals surface area contributed by atoms with Crippen LogP contribution in [-0.4, -0.2) is 15.0 Å². The second kappa shape index (κ2) is 4.25. The Morgan fingerprint density at radius 3 is 2.69 bits per heavy atom. The minimum atomic E-state index is -2.06. The largest absolute Gasteiger partial charge is 0.306 e. The van der Waals surface area contributed by atoms with Crippen LogP contribution in [0.15, 0.2) is 18.2 Å². The van der Waals surface area contributed by atoms with Gasteiger partial charge in [0.15, 0.2) is 11.1 Å². The summed E-state index contributed by atoms with van der Waals surface area (Å²) in [6.07, 6.45) is 0.517. The van der Waals surface area contributed by atoms with Crippen molar-refractivity contribution in [1.29, 1.82) is 0 Å². The Kier molecular flexibility index (Phi) is 3.27. The van der Waals surface area contributed by atoms with Crippen LogP contribution in [0.2, 0.25) is 0 Å². The topological polar surface area (TPSA) is 54.4 Å². The third-order valence-corrected chi connectivity index (χ3v) is 2.05. The normalized spacial score (nSPS) is 12.5. The number of hydrogen-bond donors (Lipinski definition) is 1. The predicted octanol–water partition coefficient (Wildman–Crippen LogP) is 1.36. The smallest absolute Gasteiger partial charge is 0.157 e. The molecule has 1 rings (SSSR count). The molecule has 5 heteroatoms. The lowest BCUT2D eigenvalue weighted by atomic mass is 10.1. The highest BCUT2D eigenvalue weighted by molar-refractivity contribution is 7.78. The van der Waals surface area contributed by atoms with E-state index in [1.807, 2.05) is 0 Å². The first-order chi connectivity index (χ1) is 6.13. The maximum absolute atomic E-state index is 13.0. The van der Waals surface area contributed by atoms with Gasteiger partial charge in [-0.2, -0.15) is 0 Å². The lowest BCUT2D eigenvalue weighted by Crippen LogP contribution is -1.97. The summed E-state index contributed by atoms with van der Waals surface area (Å²) < 4.78 is 31.8. The number of benzene rings is 1. The van der Waals surface area contributed by atoms with E-state index in [1.165, 1.54) is 12.1 Å². The van der Waals surface area contributed by atoms with Crippen molar-refractivity contribution in [2.75, 3.05) is 0 Å². The van der Waals surface area contributed by atoms with Gasteiger partial charge in [-0.3, -0.25) is 4.79 Å². The monoisotopic (exact) mass is 202 g/mol. The van der Waals surface area contributed by atoms with E-state index in [2.05, 4.69) is 0 Å². The van der Waals surface area contributed by atoms with Gasteiger partial charge in [-0.05, 0) is 6.07 Å². The molecule has 1 unspecified atom stereocenters. The van der Waals surface area contributed by atoms with Crippen LogP contribution in [0.5, 0.6) is 0 Å². The Hall–Kier alpha value is -1.07. The van der Waals surface area contributed by atoms with Crippen LogP contribution < -0.4 is 0 Å². The van der Waals surface area contributed by atoms with Gasteiger partial charge >= 0.3 is 0 Å². The molecule has 3 nitrogen and oxygen atoms in total. The molecule has 0 saturated carbocycles. The predicted molar refractivity (Wildman–Crippen MR) is 46.3 cm³/mol. The maximum atomic E-state index is 13.0. The van der Waals surface area contributed by atoms with Gasteiger partial charge in [-0.1, -0.05) is 12.1 Å². The highest BCUT2D eigenvalue weighted by Gasteiger charge is 2.05. The summed E-state index contributed by atoms with van der Waals surface area (Å²) in [4.78, 5) is 10.2. The fourth-order valence-electron chi connectivity index (χ4n) is 0.887. The molecule has 0 aliphatic heterocycles. The average molecular weight is 202 g/mol. The SMILES string of the molecule is O=Cc1ccc(CS(=O)O)c(F)c1. The van der Waals surface area contributed by atoms with Gasteiger partial charge in [-0.25, -0.2) is 8.60 Å². The van der Waals surface area contributed by atoms with Gasteiger partial charge in [0.2, 0.25) is 0 Å². The molecule has 0 saturated heterocycles. The molecular weight excluding hydrogens is 195 g/mol. The quantitative estimate of drug-likeness (QED) is 0.594. The number of rotatable bonds is 3. The Labute approximate surface area is 76.9 Å². The van der Waals surface area contributed by atoms with Crippen LogP contribution in [0.1, 0.15) is 15.9 Å². The molecule has 1 aromatic carbocycles. The third-order valence-electron chi connectivity index (χ3n) is 1.49. The molecule has 0 aliphatic rings. The molecule has 0 radical (unpaired) electrons. The van der Waals surface area contributed by atoms with Crippen LogP contribution >= 0.6 is 0 Å². The minimum absolute atomic E-state index is 0.131. The first kappa shape index (κ1) is 10.0. The van der Waals surface area contributed by atoms with Gasteiger partial charge in [0, 0.05) is 11.1 Å². The van der Waals surface area contributed by atoms with Gasteiger partial charge < -0.3 is 4.55 Å². The zero-order valence-electron chi connectivity index (χ0n) is 6.57. The van der Waals surface area contributed by atoms with Crippen molar-refractivity contribution in [2.45, 2.75) is 5.75 Å². The Balaban J connectivity index is 2.98. The maximum Gasteiger partial charge on any atom is 0.157 e. The molecule has 0 aromatic heterocycles. The molecule has 0 aliphatic carbocycles. The van der Waals surface area contributed by atoms with Crippen molar-refractivity contribution in [1.82, 2.24) is 0 Å². The fraction of sp³-hybridized carbons (Fsp3) is 0.125. The third kappa shape index (κ3) is 2.71. The van der Waals surface area contributed by atoms with Gasteiger partial charge in [0.1, 0.15) is 12.1 Å². The number of carbonyl (C=O) groups excluding carboxylic acids is 1. The van der Waals surface area contributed by atoms with E-state index in [1.54, 1.807) is 0 Å². The van der Waals surface area contributed by atoms with Gasteiger partial charge in [0.25, 0.3) is 0 Å². The van der Waals surface area contributed by atoms with Crippen LogP contribution in [0.3, 0.4) is 0 Å². The molecule has 0 spiro atoms. The number of carbonyl (C=O) groups is 1. The first-order valence-corrected chi connectivity index (χ1v) is 4.72. The number of hydrogen-bond acceptors (Lipinski definition) is 2. The highest BCUT2D eigenvalue weighted by atomic mass is 32.2. The average Bonchev–Trinajstić information content (AvgIpc) is 2.08. The van der Waals surface area contributed by atoms with Crippen LogP contribution in [-0.2, 0) is 16.8 Å². The summed E-state index contributed by atoms with van der Waals surface area (Å²) in [5.74, 6) is -0.891. The van der Waals surface area contributed by atoms with Crippen molar-refractivity contribution >= 4 is 17.4 Å². The molecule has 0 heterocycles. The first-order valence-electron chi connectivity index (χ1n) is 3.44. The lowest BCUT2D eigenvalue weighted by Gasteiger charge is -1.99. The molecular formula is C8H7FO3S. The van der Waals surface area contributed by atoms with Crippen LogP contribution in [0.25, 0.3) is 0 Å². The molecule has 0 amide bonds. The second-order valence-corrected chi connectivity index (χ2v) is 3.37. The fourth-order valence-corrected chi connectivity index (χ4v) is 1.39. The van der Waals surface area contributed by atoms with E-state index in [9.17, 15) is 13.4 Å². The molecule has 0 bridgehead atoms. The summed E-state index contributed by atoms with van der Waals surface area (Å²) in [5.41, 5.74) is 0.344. The van der Waals surface area contributed by atoms with E-state index >= 15 is 0 Å². The lowest BCUT2D eigenvalue weighted by molar-refractivity contribution is 0.112. The zero-order chi connectivity index (χ0) is 9.84. The number of halogens is 1. The molecule has 1 aromatic rings. The zero-order valence-corrected chi connectivity index (χ0v) is 7.38. The van der Waals surface area contributed by atoms with Gasteiger partial charge in [0.05, 0.1) is 5.75 Å². The van der Waals surface area contributed by atoms with Crippen LogP contribution in [0.4, 0.5) is 4.39 Å². The van der Waals surface area contributed by atoms with E-state index in [0.717, 1.165) is 6.07 Å². The van der Waals surface area contributed by atoms with E-state index in [-0.39, 0.29) is 16.9 Å². The van der Waals surface area contributed by atoms with Crippen molar-refractivity contribution in [2.24, 2.45) is 0 Å². The molecule has 70 valence electrons. The summed E-state index contributed by atoms with van der Waals surface area (Å²) >= 11 is -2.06. The number of aldehydes is 1. The Morgan fingerprint density at radius 1 is 1.54 bits per heavy atom. The van der Waals surface area contributed by atoms with E-state index < -0.39 is 16.9 Å². The summed E-state index contributed by atoms with van der Waals surface area (Å²) in [6.45, 7) is 0. The van der Waals surface area contributed by atoms with Crippen molar-refractivity contribution in [3.63, 3.8) is 0 Å². The standard InChI is InChI=1S/C8H7FO3S/c9-8-3-6(4-10)1-2-7(8)5-13(11)12/h1-4H,5H2,(H,11,12). The van der Waals surface area contributed by atoms with Crippen LogP contribution in [0, 0.1) is 5.82 Å². The van der Waals surface area contributed by atoms with Crippen molar-refractivity contribution < 1.29 is 17.9 Å². The molecule has 0 fully saturated rings. The summed E-state index contributed by atoms with van der Waals surface area (Å²) in [7, 11) is 0.